The molecule has 0 aromatic heterocycles. The molecule has 7 nitrogen and oxygen atoms in total. The van der Waals surface area contributed by atoms with Crippen molar-refractivity contribution in [2.75, 3.05) is 6.54 Å². The van der Waals surface area contributed by atoms with Gasteiger partial charge in [-0.2, -0.15) is 0 Å². The summed E-state index contributed by atoms with van der Waals surface area (Å²) in [5, 5.41) is 10.5. The van der Waals surface area contributed by atoms with E-state index in [0.717, 1.165) is 12.8 Å². The number of carbonyl (C=O) groups excluding carboxylic acids is 2. The van der Waals surface area contributed by atoms with Crippen molar-refractivity contribution in [3.63, 3.8) is 0 Å². The van der Waals surface area contributed by atoms with Gasteiger partial charge in [0.1, 0.15) is 6.04 Å². The lowest BCUT2D eigenvalue weighted by Crippen LogP contribution is -2.29. The number of unbranched alkanes of at least 4 members (excludes halogenated alkanes) is 1. The Morgan fingerprint density at radius 2 is 1.68 bits per heavy atom. The van der Waals surface area contributed by atoms with E-state index in [1.165, 1.54) is 0 Å². The van der Waals surface area contributed by atoms with Gasteiger partial charge >= 0.3 is 5.97 Å². The van der Waals surface area contributed by atoms with Gasteiger partial charge in [0.15, 0.2) is 0 Å². The average molecular weight is 271 g/mol. The molecule has 1 atom stereocenters. The van der Waals surface area contributed by atoms with Gasteiger partial charge in [0.2, 0.25) is 0 Å². The molecule has 0 aliphatic carbocycles. The first kappa shape index (κ1) is 17.3. The van der Waals surface area contributed by atoms with Crippen molar-refractivity contribution in [2.45, 2.75) is 39.2 Å². The number of carboxylic acids is 1. The maximum Gasteiger partial charge on any atom is 0.320 e. The van der Waals surface area contributed by atoms with Crippen molar-refractivity contribution < 1.29 is 19.5 Å². The Hall–Kier alpha value is -1.73. The lowest BCUT2D eigenvalue weighted by Gasteiger charge is -2.03. The SMILES string of the molecule is CC1=C(C)C(=O)NC1=O.NCCCC[C@H](N)C(=O)O. The Morgan fingerprint density at radius 1 is 1.21 bits per heavy atom. The van der Waals surface area contributed by atoms with E-state index in [9.17, 15) is 14.4 Å². The zero-order valence-electron chi connectivity index (χ0n) is 11.2. The molecule has 1 aliphatic heterocycles. The fourth-order valence-electron chi connectivity index (χ4n) is 1.26. The fraction of sp³-hybridized carbons (Fsp3) is 0.583. The van der Waals surface area contributed by atoms with Crippen LogP contribution in [0.25, 0.3) is 0 Å². The molecule has 0 unspecified atom stereocenters. The minimum absolute atomic E-state index is 0.266. The average Bonchev–Trinajstić information content (AvgIpc) is 2.57. The van der Waals surface area contributed by atoms with E-state index in [-0.39, 0.29) is 11.8 Å². The number of carbonyl (C=O) groups is 3. The van der Waals surface area contributed by atoms with Crippen LogP contribution in [0.4, 0.5) is 0 Å². The molecule has 2 amide bonds. The number of imide groups is 1. The molecule has 0 bridgehead atoms. The molecular weight excluding hydrogens is 250 g/mol. The maximum atomic E-state index is 10.6. The molecule has 0 fully saturated rings. The molecule has 0 aromatic carbocycles. The highest BCUT2D eigenvalue weighted by Crippen LogP contribution is 2.09. The molecule has 0 saturated carbocycles. The van der Waals surface area contributed by atoms with E-state index in [1.54, 1.807) is 13.8 Å². The molecule has 1 aliphatic rings. The quantitative estimate of drug-likeness (QED) is 0.393. The molecule has 7 heteroatoms. The van der Waals surface area contributed by atoms with Crippen LogP contribution in [-0.4, -0.2) is 35.5 Å². The molecule has 0 saturated heterocycles. The van der Waals surface area contributed by atoms with Gasteiger partial charge in [0.05, 0.1) is 0 Å². The monoisotopic (exact) mass is 271 g/mol. The standard InChI is InChI=1S/C6H14N2O2.C6H7NO2/c7-4-2-1-3-5(8)6(9)10;1-3-4(2)6(9)7-5(3)8/h5H,1-4,7-8H2,(H,9,10);1-2H3,(H,7,8,9)/t5-;/m0./s1. The number of amides is 2. The number of hydrogen-bond acceptors (Lipinski definition) is 5. The zero-order chi connectivity index (χ0) is 15.0. The summed E-state index contributed by atoms with van der Waals surface area (Å²) in [6.45, 7) is 3.87. The second-order valence-corrected chi connectivity index (χ2v) is 4.26. The first-order valence-electron chi connectivity index (χ1n) is 6.02. The van der Waals surface area contributed by atoms with E-state index >= 15 is 0 Å². The normalized spacial score (nSPS) is 15.8. The summed E-state index contributed by atoms with van der Waals surface area (Å²) in [6.07, 6.45) is 2.16. The lowest BCUT2D eigenvalue weighted by molar-refractivity contribution is -0.138. The van der Waals surface area contributed by atoms with Crippen LogP contribution >= 0.6 is 0 Å². The predicted octanol–water partition coefficient (Wildman–Crippen LogP) is -0.493. The van der Waals surface area contributed by atoms with Crippen LogP contribution in [0.3, 0.4) is 0 Å². The van der Waals surface area contributed by atoms with Crippen molar-refractivity contribution in [2.24, 2.45) is 11.5 Å². The largest absolute Gasteiger partial charge is 0.480 e. The van der Waals surface area contributed by atoms with E-state index in [4.69, 9.17) is 16.6 Å². The Kier molecular flexibility index (Phi) is 7.62. The highest BCUT2D eigenvalue weighted by molar-refractivity contribution is 6.18. The maximum absolute atomic E-state index is 10.6. The number of hydrogen-bond donors (Lipinski definition) is 4. The van der Waals surface area contributed by atoms with Crippen LogP contribution in [0.1, 0.15) is 33.1 Å². The second-order valence-electron chi connectivity index (χ2n) is 4.26. The van der Waals surface area contributed by atoms with Gasteiger partial charge in [-0.05, 0) is 33.2 Å². The van der Waals surface area contributed by atoms with Crippen LogP contribution in [0, 0.1) is 0 Å². The topological polar surface area (TPSA) is 136 Å². The van der Waals surface area contributed by atoms with Gasteiger partial charge in [-0.3, -0.25) is 19.7 Å². The van der Waals surface area contributed by atoms with E-state index in [0.29, 0.717) is 24.1 Å². The van der Waals surface area contributed by atoms with Crippen LogP contribution in [0.2, 0.25) is 0 Å². The van der Waals surface area contributed by atoms with E-state index in [1.807, 2.05) is 0 Å². The molecule has 1 heterocycles. The highest BCUT2D eigenvalue weighted by Gasteiger charge is 2.22. The Labute approximate surface area is 112 Å². The van der Waals surface area contributed by atoms with E-state index < -0.39 is 12.0 Å². The number of aliphatic carboxylic acids is 1. The number of nitrogens with two attached hydrogens (primary N) is 2. The molecule has 0 aromatic rings. The highest BCUT2D eigenvalue weighted by atomic mass is 16.4. The molecule has 0 radical (unpaired) electrons. The summed E-state index contributed by atoms with van der Waals surface area (Å²) in [4.78, 5) is 31.3. The van der Waals surface area contributed by atoms with E-state index in [2.05, 4.69) is 5.32 Å². The molecular formula is C12H21N3O4. The summed E-state index contributed by atoms with van der Waals surface area (Å²) in [5.74, 6) is -1.47. The van der Waals surface area contributed by atoms with Gasteiger partial charge in [-0.15, -0.1) is 0 Å². The summed E-state index contributed by atoms with van der Waals surface area (Å²) in [7, 11) is 0. The molecule has 6 N–H and O–H groups in total. The first-order valence-corrected chi connectivity index (χ1v) is 6.02. The van der Waals surface area contributed by atoms with Crippen molar-refractivity contribution in [3.05, 3.63) is 11.1 Å². The second kappa shape index (κ2) is 8.39. The van der Waals surface area contributed by atoms with Crippen LogP contribution in [0.5, 0.6) is 0 Å². The Bertz CT molecular complexity index is 368. The van der Waals surface area contributed by atoms with Gasteiger partial charge < -0.3 is 16.6 Å². The Morgan fingerprint density at radius 3 is 1.95 bits per heavy atom. The van der Waals surface area contributed by atoms with Crippen molar-refractivity contribution >= 4 is 17.8 Å². The minimum Gasteiger partial charge on any atom is -0.480 e. The van der Waals surface area contributed by atoms with Gasteiger partial charge in [0.25, 0.3) is 11.8 Å². The third-order valence-electron chi connectivity index (χ3n) is 2.76. The summed E-state index contributed by atoms with van der Waals surface area (Å²) in [6, 6.07) is -0.716. The molecule has 108 valence electrons. The smallest absolute Gasteiger partial charge is 0.320 e. The number of nitrogens with one attached hydrogen (secondary N) is 1. The third-order valence-corrected chi connectivity index (χ3v) is 2.76. The summed E-state index contributed by atoms with van der Waals surface area (Å²) < 4.78 is 0. The summed E-state index contributed by atoms with van der Waals surface area (Å²) >= 11 is 0. The van der Waals surface area contributed by atoms with Crippen molar-refractivity contribution in [1.29, 1.82) is 0 Å². The van der Waals surface area contributed by atoms with Gasteiger partial charge in [0, 0.05) is 11.1 Å². The lowest BCUT2D eigenvalue weighted by atomic mass is 10.1. The molecule has 0 spiro atoms. The van der Waals surface area contributed by atoms with Crippen molar-refractivity contribution in [3.8, 4) is 0 Å². The van der Waals surface area contributed by atoms with Crippen LogP contribution in [-0.2, 0) is 14.4 Å². The minimum atomic E-state index is -0.933. The molecule has 19 heavy (non-hydrogen) atoms. The summed E-state index contributed by atoms with van der Waals surface area (Å²) in [5.41, 5.74) is 11.5. The van der Waals surface area contributed by atoms with Crippen LogP contribution in [0.15, 0.2) is 11.1 Å². The predicted molar refractivity (Wildman–Crippen MR) is 70.0 cm³/mol. The third kappa shape index (κ3) is 6.12. The van der Waals surface area contributed by atoms with Crippen molar-refractivity contribution in [1.82, 2.24) is 5.32 Å². The Balaban J connectivity index is 0.000000342. The zero-order valence-corrected chi connectivity index (χ0v) is 11.2. The fourth-order valence-corrected chi connectivity index (χ4v) is 1.26. The number of rotatable bonds is 5. The van der Waals surface area contributed by atoms with Crippen LogP contribution < -0.4 is 16.8 Å². The molecule has 1 rings (SSSR count). The van der Waals surface area contributed by atoms with Gasteiger partial charge in [-0.25, -0.2) is 0 Å². The number of carboxylic acid groups (broad SMARTS) is 1. The van der Waals surface area contributed by atoms with Gasteiger partial charge in [-0.1, -0.05) is 6.42 Å². The first-order chi connectivity index (χ1) is 8.81.